The number of hydrogen-bond donors (Lipinski definition) is 2. The Kier molecular flexibility index (Phi) is 3.41. The Balaban J connectivity index is 1.58. The maximum Gasteiger partial charge on any atom is 0.228 e. The van der Waals surface area contributed by atoms with Gasteiger partial charge in [0.2, 0.25) is 11.8 Å². The van der Waals surface area contributed by atoms with Crippen LogP contribution in [-0.2, 0) is 16.0 Å². The van der Waals surface area contributed by atoms with Crippen LogP contribution >= 0.6 is 0 Å². The Morgan fingerprint density at radius 1 is 1.22 bits per heavy atom. The molecule has 2 heterocycles. The van der Waals surface area contributed by atoms with E-state index in [4.69, 9.17) is 4.42 Å². The van der Waals surface area contributed by atoms with Gasteiger partial charge in [-0.05, 0) is 30.5 Å². The Bertz CT molecular complexity index is 765. The molecule has 0 fully saturated rings. The molecule has 0 radical (unpaired) electrons. The molecule has 1 aliphatic carbocycles. The van der Waals surface area contributed by atoms with Crippen LogP contribution < -0.4 is 10.6 Å². The summed E-state index contributed by atoms with van der Waals surface area (Å²) >= 11 is 0. The van der Waals surface area contributed by atoms with Crippen molar-refractivity contribution in [1.29, 1.82) is 0 Å². The third-order valence-electron chi connectivity index (χ3n) is 4.68. The number of para-hydroxylation sites is 1. The summed E-state index contributed by atoms with van der Waals surface area (Å²) in [4.78, 5) is 24.7. The molecule has 5 heteroatoms. The lowest BCUT2D eigenvalue weighted by atomic mass is 9.88. The van der Waals surface area contributed by atoms with Gasteiger partial charge in [-0.25, -0.2) is 0 Å². The molecule has 2 aliphatic rings. The van der Waals surface area contributed by atoms with Gasteiger partial charge >= 0.3 is 0 Å². The van der Waals surface area contributed by atoms with Gasteiger partial charge < -0.3 is 15.1 Å². The molecule has 1 aromatic heterocycles. The fourth-order valence-electron chi connectivity index (χ4n) is 3.55. The molecule has 2 atom stereocenters. The van der Waals surface area contributed by atoms with Gasteiger partial charge in [-0.2, -0.15) is 0 Å². The van der Waals surface area contributed by atoms with Crippen molar-refractivity contribution in [3.05, 3.63) is 53.5 Å². The topological polar surface area (TPSA) is 71.3 Å². The average molecular weight is 310 g/mol. The second-order valence-corrected chi connectivity index (χ2v) is 6.14. The highest BCUT2D eigenvalue weighted by atomic mass is 16.3. The first-order chi connectivity index (χ1) is 11.2. The van der Waals surface area contributed by atoms with E-state index in [1.165, 1.54) is 0 Å². The number of anilines is 1. The smallest absolute Gasteiger partial charge is 0.228 e. The van der Waals surface area contributed by atoms with Crippen molar-refractivity contribution < 1.29 is 14.0 Å². The zero-order valence-corrected chi connectivity index (χ0v) is 12.7. The molecule has 0 bridgehead atoms. The maximum absolute atomic E-state index is 12.8. The summed E-state index contributed by atoms with van der Waals surface area (Å²) in [6.07, 6.45) is 4.68. The molecule has 4 rings (SSSR count). The zero-order chi connectivity index (χ0) is 15.8. The Labute approximate surface area is 134 Å². The molecule has 2 aromatic rings. The summed E-state index contributed by atoms with van der Waals surface area (Å²) < 4.78 is 5.47. The van der Waals surface area contributed by atoms with Gasteiger partial charge in [-0.15, -0.1) is 0 Å². The SMILES string of the molecule is O=C1CC(C(=O)NC2CCCc3occc32)c2ccccc2N1. The second-order valence-electron chi connectivity index (χ2n) is 6.14. The van der Waals surface area contributed by atoms with E-state index in [0.717, 1.165) is 41.8 Å². The minimum Gasteiger partial charge on any atom is -0.469 e. The van der Waals surface area contributed by atoms with Crippen LogP contribution in [0.3, 0.4) is 0 Å². The van der Waals surface area contributed by atoms with Crippen molar-refractivity contribution in [2.75, 3.05) is 5.32 Å². The lowest BCUT2D eigenvalue weighted by molar-refractivity contribution is -0.127. The lowest BCUT2D eigenvalue weighted by Gasteiger charge is -2.28. The molecule has 0 saturated carbocycles. The van der Waals surface area contributed by atoms with Gasteiger partial charge in [0, 0.05) is 24.1 Å². The lowest BCUT2D eigenvalue weighted by Crippen LogP contribution is -2.37. The highest BCUT2D eigenvalue weighted by molar-refractivity contribution is 6.01. The van der Waals surface area contributed by atoms with Gasteiger partial charge in [0.1, 0.15) is 5.76 Å². The molecule has 1 aromatic carbocycles. The monoisotopic (exact) mass is 310 g/mol. The molecular formula is C18H18N2O3. The third-order valence-corrected chi connectivity index (χ3v) is 4.68. The molecule has 118 valence electrons. The largest absolute Gasteiger partial charge is 0.469 e. The fourth-order valence-corrected chi connectivity index (χ4v) is 3.55. The quantitative estimate of drug-likeness (QED) is 0.896. The minimum absolute atomic E-state index is 0.0258. The van der Waals surface area contributed by atoms with Crippen LogP contribution in [0.15, 0.2) is 41.0 Å². The first kappa shape index (κ1) is 14.1. The first-order valence-corrected chi connectivity index (χ1v) is 7.98. The van der Waals surface area contributed by atoms with Gasteiger partial charge in [0.25, 0.3) is 0 Å². The number of nitrogens with one attached hydrogen (secondary N) is 2. The molecule has 2 amide bonds. The second kappa shape index (κ2) is 5.57. The van der Waals surface area contributed by atoms with E-state index < -0.39 is 5.92 Å². The number of amides is 2. The van der Waals surface area contributed by atoms with Crippen molar-refractivity contribution in [3.8, 4) is 0 Å². The molecule has 1 aliphatic heterocycles. The van der Waals surface area contributed by atoms with Crippen molar-refractivity contribution in [3.63, 3.8) is 0 Å². The minimum atomic E-state index is -0.433. The summed E-state index contributed by atoms with van der Waals surface area (Å²) in [6.45, 7) is 0. The van der Waals surface area contributed by atoms with E-state index in [2.05, 4.69) is 10.6 Å². The number of hydrogen-bond acceptors (Lipinski definition) is 3. The van der Waals surface area contributed by atoms with Gasteiger partial charge in [-0.3, -0.25) is 9.59 Å². The van der Waals surface area contributed by atoms with Crippen molar-refractivity contribution in [2.45, 2.75) is 37.6 Å². The average Bonchev–Trinajstić information content (AvgIpc) is 3.03. The highest BCUT2D eigenvalue weighted by Gasteiger charge is 2.33. The number of benzene rings is 1. The Hall–Kier alpha value is -2.56. The standard InChI is InChI=1S/C18H18N2O3/c21-17-10-13(11-4-1-2-5-14(11)19-17)18(22)20-15-6-3-7-16-12(15)8-9-23-16/h1-2,4-5,8-9,13,15H,3,6-7,10H2,(H,19,21)(H,20,22). The molecule has 0 saturated heterocycles. The van der Waals surface area contributed by atoms with Crippen molar-refractivity contribution in [2.24, 2.45) is 0 Å². The molecule has 23 heavy (non-hydrogen) atoms. The number of fused-ring (bicyclic) bond motifs is 2. The van der Waals surface area contributed by atoms with E-state index in [1.807, 2.05) is 30.3 Å². The van der Waals surface area contributed by atoms with Crippen LogP contribution in [0.4, 0.5) is 5.69 Å². The number of carbonyl (C=O) groups is 2. The fraction of sp³-hybridized carbons (Fsp3) is 0.333. The predicted molar refractivity (Wildman–Crippen MR) is 85.0 cm³/mol. The Morgan fingerprint density at radius 2 is 2.09 bits per heavy atom. The van der Waals surface area contributed by atoms with E-state index in [0.29, 0.717) is 0 Å². The van der Waals surface area contributed by atoms with Crippen LogP contribution in [0.25, 0.3) is 0 Å². The normalized spacial score (nSPS) is 22.7. The molecule has 2 N–H and O–H groups in total. The summed E-state index contributed by atoms with van der Waals surface area (Å²) in [6, 6.07) is 9.40. The molecule has 0 spiro atoms. The van der Waals surface area contributed by atoms with E-state index >= 15 is 0 Å². The van der Waals surface area contributed by atoms with Crippen LogP contribution in [0, 0.1) is 0 Å². The molecule has 5 nitrogen and oxygen atoms in total. The maximum atomic E-state index is 12.8. The van der Waals surface area contributed by atoms with Crippen LogP contribution in [0.1, 0.15) is 48.1 Å². The Morgan fingerprint density at radius 3 is 3.00 bits per heavy atom. The number of rotatable bonds is 2. The van der Waals surface area contributed by atoms with Crippen LogP contribution in [0.5, 0.6) is 0 Å². The van der Waals surface area contributed by atoms with Crippen molar-refractivity contribution in [1.82, 2.24) is 5.32 Å². The molecule has 2 unspecified atom stereocenters. The summed E-state index contributed by atoms with van der Waals surface area (Å²) in [5.41, 5.74) is 2.68. The van der Waals surface area contributed by atoms with Gasteiger partial charge in [-0.1, -0.05) is 18.2 Å². The third kappa shape index (κ3) is 2.52. The van der Waals surface area contributed by atoms with Crippen molar-refractivity contribution >= 4 is 17.5 Å². The van der Waals surface area contributed by atoms with E-state index in [-0.39, 0.29) is 24.3 Å². The van der Waals surface area contributed by atoms with E-state index in [1.54, 1.807) is 6.26 Å². The number of furan rings is 1. The van der Waals surface area contributed by atoms with Crippen LogP contribution in [-0.4, -0.2) is 11.8 Å². The zero-order valence-electron chi connectivity index (χ0n) is 12.7. The predicted octanol–water partition coefficient (Wildman–Crippen LogP) is 2.90. The van der Waals surface area contributed by atoms with Crippen LogP contribution in [0.2, 0.25) is 0 Å². The van der Waals surface area contributed by atoms with Gasteiger partial charge in [0.05, 0.1) is 18.2 Å². The molecular weight excluding hydrogens is 292 g/mol. The van der Waals surface area contributed by atoms with E-state index in [9.17, 15) is 9.59 Å². The summed E-state index contributed by atoms with van der Waals surface area (Å²) in [5, 5.41) is 5.94. The first-order valence-electron chi connectivity index (χ1n) is 7.98. The summed E-state index contributed by atoms with van der Waals surface area (Å²) in [5.74, 6) is 0.323. The number of carbonyl (C=O) groups excluding carboxylic acids is 2. The highest BCUT2D eigenvalue weighted by Crippen LogP contribution is 2.35. The van der Waals surface area contributed by atoms with Gasteiger partial charge in [0.15, 0.2) is 0 Å². The number of aryl methyl sites for hydroxylation is 1. The summed E-state index contributed by atoms with van der Waals surface area (Å²) in [7, 11) is 0.